The van der Waals surface area contributed by atoms with E-state index in [-0.39, 0.29) is 5.91 Å². The zero-order valence-electron chi connectivity index (χ0n) is 14.2. The van der Waals surface area contributed by atoms with Crippen LogP contribution in [0.5, 0.6) is 0 Å². The summed E-state index contributed by atoms with van der Waals surface area (Å²) in [6, 6.07) is 17.0. The Morgan fingerprint density at radius 2 is 1.84 bits per heavy atom. The van der Waals surface area contributed by atoms with Gasteiger partial charge in [0, 0.05) is 38.1 Å². The number of benzene rings is 2. The van der Waals surface area contributed by atoms with Gasteiger partial charge in [-0.05, 0) is 34.2 Å². The molecule has 2 heterocycles. The van der Waals surface area contributed by atoms with E-state index in [1.165, 1.54) is 16.3 Å². The van der Waals surface area contributed by atoms with Gasteiger partial charge in [0.25, 0.3) is 5.91 Å². The highest BCUT2D eigenvalue weighted by atomic mass is 32.1. The third kappa shape index (κ3) is 3.60. The summed E-state index contributed by atoms with van der Waals surface area (Å²) in [4.78, 5) is 17.0. The second-order valence-corrected chi connectivity index (χ2v) is 7.35. The standard InChI is InChI=1S/C21H22N2OS/c24-21(19-9-14-25-16-19)23-11-4-10-22(12-13-23)15-18-7-3-6-17-5-1-2-8-20(17)18/h1-3,5-9,14,16H,4,10-13,15H2. The maximum Gasteiger partial charge on any atom is 0.254 e. The first-order valence-electron chi connectivity index (χ1n) is 8.82. The highest BCUT2D eigenvalue weighted by Gasteiger charge is 2.20. The minimum absolute atomic E-state index is 0.174. The molecule has 1 saturated heterocycles. The fourth-order valence-electron chi connectivity index (χ4n) is 3.57. The largest absolute Gasteiger partial charge is 0.337 e. The van der Waals surface area contributed by atoms with Crippen molar-refractivity contribution >= 4 is 28.0 Å². The minimum atomic E-state index is 0.174. The van der Waals surface area contributed by atoms with Gasteiger partial charge in [-0.25, -0.2) is 0 Å². The van der Waals surface area contributed by atoms with Gasteiger partial charge in [0.05, 0.1) is 5.56 Å². The molecular weight excluding hydrogens is 328 g/mol. The van der Waals surface area contributed by atoms with Crippen LogP contribution < -0.4 is 0 Å². The number of thiophene rings is 1. The number of fused-ring (bicyclic) bond motifs is 1. The average molecular weight is 350 g/mol. The maximum atomic E-state index is 12.6. The van der Waals surface area contributed by atoms with Crippen LogP contribution in [-0.4, -0.2) is 41.9 Å². The van der Waals surface area contributed by atoms with Gasteiger partial charge in [-0.15, -0.1) is 0 Å². The summed E-state index contributed by atoms with van der Waals surface area (Å²) in [6.07, 6.45) is 1.03. The quantitative estimate of drug-likeness (QED) is 0.705. The van der Waals surface area contributed by atoms with E-state index in [0.29, 0.717) is 0 Å². The summed E-state index contributed by atoms with van der Waals surface area (Å²) in [5, 5.41) is 6.54. The first-order chi connectivity index (χ1) is 12.3. The molecule has 4 rings (SSSR count). The normalized spacial score (nSPS) is 16.1. The molecule has 1 aliphatic rings. The highest BCUT2D eigenvalue weighted by molar-refractivity contribution is 7.08. The number of rotatable bonds is 3. The Labute approximate surface area is 152 Å². The fraction of sp³-hybridized carbons (Fsp3) is 0.286. The van der Waals surface area contributed by atoms with E-state index in [1.54, 1.807) is 11.3 Å². The van der Waals surface area contributed by atoms with Crippen LogP contribution in [0.4, 0.5) is 0 Å². The molecule has 0 atom stereocenters. The van der Waals surface area contributed by atoms with E-state index in [1.807, 2.05) is 21.7 Å². The summed E-state index contributed by atoms with van der Waals surface area (Å²) in [6.45, 7) is 4.57. The van der Waals surface area contributed by atoms with Crippen LogP contribution in [-0.2, 0) is 6.54 Å². The predicted molar refractivity (Wildman–Crippen MR) is 104 cm³/mol. The van der Waals surface area contributed by atoms with Crippen molar-refractivity contribution in [3.05, 3.63) is 70.4 Å². The van der Waals surface area contributed by atoms with Crippen molar-refractivity contribution in [1.82, 2.24) is 9.80 Å². The monoisotopic (exact) mass is 350 g/mol. The van der Waals surface area contributed by atoms with Crippen LogP contribution in [0, 0.1) is 0 Å². The van der Waals surface area contributed by atoms with Crippen molar-refractivity contribution in [3.63, 3.8) is 0 Å². The lowest BCUT2D eigenvalue weighted by molar-refractivity contribution is 0.0761. The van der Waals surface area contributed by atoms with E-state index < -0.39 is 0 Å². The molecule has 128 valence electrons. The Morgan fingerprint density at radius 3 is 2.72 bits per heavy atom. The Morgan fingerprint density at radius 1 is 0.960 bits per heavy atom. The predicted octanol–water partition coefficient (Wildman–Crippen LogP) is 4.25. The molecule has 25 heavy (non-hydrogen) atoms. The molecule has 3 nitrogen and oxygen atoms in total. The van der Waals surface area contributed by atoms with Crippen LogP contribution in [0.15, 0.2) is 59.3 Å². The highest BCUT2D eigenvalue weighted by Crippen LogP contribution is 2.21. The van der Waals surface area contributed by atoms with Crippen molar-refractivity contribution in [2.75, 3.05) is 26.2 Å². The fourth-order valence-corrected chi connectivity index (χ4v) is 4.20. The zero-order chi connectivity index (χ0) is 17.1. The molecule has 0 N–H and O–H groups in total. The van der Waals surface area contributed by atoms with E-state index >= 15 is 0 Å². The number of carbonyl (C=O) groups is 1. The van der Waals surface area contributed by atoms with Crippen LogP contribution in [0.2, 0.25) is 0 Å². The minimum Gasteiger partial charge on any atom is -0.337 e. The number of amides is 1. The molecule has 0 aliphatic carbocycles. The average Bonchev–Trinajstić information content (AvgIpc) is 3.09. The Hall–Kier alpha value is -2.17. The van der Waals surface area contributed by atoms with Gasteiger partial charge in [0.15, 0.2) is 0 Å². The van der Waals surface area contributed by atoms with Crippen molar-refractivity contribution in [2.45, 2.75) is 13.0 Å². The van der Waals surface area contributed by atoms with E-state index in [4.69, 9.17) is 0 Å². The summed E-state index contributed by atoms with van der Waals surface area (Å²) < 4.78 is 0. The molecule has 0 bridgehead atoms. The molecule has 2 aromatic carbocycles. The van der Waals surface area contributed by atoms with Crippen molar-refractivity contribution in [1.29, 1.82) is 0 Å². The third-order valence-electron chi connectivity index (χ3n) is 4.92. The first kappa shape index (κ1) is 16.3. The summed E-state index contributed by atoms with van der Waals surface area (Å²) in [5.41, 5.74) is 2.20. The second kappa shape index (κ2) is 7.38. The van der Waals surface area contributed by atoms with Crippen molar-refractivity contribution in [3.8, 4) is 0 Å². The Balaban J connectivity index is 1.45. The number of carbonyl (C=O) groups excluding carboxylic acids is 1. The summed E-state index contributed by atoms with van der Waals surface area (Å²) >= 11 is 1.58. The van der Waals surface area contributed by atoms with E-state index in [0.717, 1.165) is 44.7 Å². The molecule has 0 radical (unpaired) electrons. The maximum absolute atomic E-state index is 12.6. The van der Waals surface area contributed by atoms with Gasteiger partial charge < -0.3 is 4.90 Å². The van der Waals surface area contributed by atoms with Gasteiger partial charge in [-0.3, -0.25) is 9.69 Å². The topological polar surface area (TPSA) is 23.6 Å². The molecule has 1 fully saturated rings. The van der Waals surface area contributed by atoms with Crippen LogP contribution in [0.3, 0.4) is 0 Å². The van der Waals surface area contributed by atoms with E-state index in [9.17, 15) is 4.79 Å². The molecule has 3 aromatic rings. The number of hydrogen-bond donors (Lipinski definition) is 0. The molecule has 1 aliphatic heterocycles. The van der Waals surface area contributed by atoms with Gasteiger partial charge in [-0.2, -0.15) is 11.3 Å². The van der Waals surface area contributed by atoms with Crippen molar-refractivity contribution in [2.24, 2.45) is 0 Å². The number of hydrogen-bond acceptors (Lipinski definition) is 3. The van der Waals surface area contributed by atoms with Crippen LogP contribution in [0.25, 0.3) is 10.8 Å². The van der Waals surface area contributed by atoms with Gasteiger partial charge in [0.2, 0.25) is 0 Å². The summed E-state index contributed by atoms with van der Waals surface area (Å²) in [7, 11) is 0. The lowest BCUT2D eigenvalue weighted by Crippen LogP contribution is -2.34. The van der Waals surface area contributed by atoms with Crippen molar-refractivity contribution < 1.29 is 4.79 Å². The molecule has 1 aromatic heterocycles. The molecule has 4 heteroatoms. The SMILES string of the molecule is O=C(c1ccsc1)N1CCCN(Cc2cccc3ccccc23)CC1. The Bertz CT molecular complexity index is 854. The Kier molecular flexibility index (Phi) is 4.81. The van der Waals surface area contributed by atoms with Gasteiger partial charge in [0.1, 0.15) is 0 Å². The molecule has 0 saturated carbocycles. The number of nitrogens with zero attached hydrogens (tertiary/aromatic N) is 2. The van der Waals surface area contributed by atoms with Crippen LogP contribution >= 0.6 is 11.3 Å². The lowest BCUT2D eigenvalue weighted by Gasteiger charge is -2.22. The van der Waals surface area contributed by atoms with Gasteiger partial charge in [-0.1, -0.05) is 42.5 Å². The molecule has 0 unspecified atom stereocenters. The lowest BCUT2D eigenvalue weighted by atomic mass is 10.0. The first-order valence-corrected chi connectivity index (χ1v) is 9.76. The van der Waals surface area contributed by atoms with Gasteiger partial charge >= 0.3 is 0 Å². The molecule has 1 amide bonds. The summed E-state index contributed by atoms with van der Waals surface area (Å²) in [5.74, 6) is 0.174. The zero-order valence-corrected chi connectivity index (χ0v) is 15.0. The smallest absolute Gasteiger partial charge is 0.254 e. The van der Waals surface area contributed by atoms with E-state index in [2.05, 4.69) is 47.4 Å². The molecular formula is C21H22N2OS. The van der Waals surface area contributed by atoms with Crippen LogP contribution in [0.1, 0.15) is 22.3 Å². The molecule has 0 spiro atoms. The third-order valence-corrected chi connectivity index (χ3v) is 5.60. The second-order valence-electron chi connectivity index (χ2n) is 6.57.